The maximum atomic E-state index is 2.59. The van der Waals surface area contributed by atoms with E-state index in [1.54, 1.807) is 0 Å². The van der Waals surface area contributed by atoms with Crippen LogP contribution in [-0.2, 0) is 27.1 Å². The van der Waals surface area contributed by atoms with Crippen LogP contribution in [0.2, 0.25) is 0 Å². The normalized spacial score (nSPS) is 16.0. The molecule has 11 aromatic carbocycles. The molecule has 3 aliphatic rings. The van der Waals surface area contributed by atoms with Gasteiger partial charge in [0.2, 0.25) is 0 Å². The number of para-hydroxylation sites is 1. The van der Waals surface area contributed by atoms with Gasteiger partial charge in [0, 0.05) is 27.6 Å². The molecule has 11 aromatic rings. The monoisotopic (exact) mass is 1040 g/mol. The summed E-state index contributed by atoms with van der Waals surface area (Å²) >= 11 is 0. The number of nitrogens with zero attached hydrogens (tertiary/aromatic N) is 1. The fourth-order valence-corrected chi connectivity index (χ4v) is 14.7. The zero-order chi connectivity index (χ0) is 55.6. The Morgan fingerprint density at radius 3 is 1.42 bits per heavy atom. The van der Waals surface area contributed by atoms with Crippen molar-refractivity contribution in [3.63, 3.8) is 0 Å². The molecular formula is C80H69N. The van der Waals surface area contributed by atoms with Crippen LogP contribution in [0.25, 0.3) is 55.6 Å². The largest absolute Gasteiger partial charge is 0.309 e. The molecular weight excluding hydrogens is 975 g/mol. The maximum absolute atomic E-state index is 2.59. The van der Waals surface area contributed by atoms with E-state index in [1.165, 1.54) is 117 Å². The molecule has 0 heterocycles. The summed E-state index contributed by atoms with van der Waals surface area (Å²) in [4.78, 5) is 2.59. The number of hydrogen-bond donors (Lipinski definition) is 0. The van der Waals surface area contributed by atoms with Gasteiger partial charge in [-0.15, -0.1) is 0 Å². The maximum Gasteiger partial charge on any atom is 0.0714 e. The van der Waals surface area contributed by atoms with Gasteiger partial charge >= 0.3 is 0 Å². The lowest BCUT2D eigenvalue weighted by Gasteiger charge is -2.36. The highest BCUT2D eigenvalue weighted by atomic mass is 15.1. The average molecular weight is 1040 g/mol. The third-order valence-electron chi connectivity index (χ3n) is 18.8. The van der Waals surface area contributed by atoms with Gasteiger partial charge in [-0.2, -0.15) is 0 Å². The highest BCUT2D eigenvalue weighted by Crippen LogP contribution is 2.62. The molecule has 0 saturated heterocycles. The van der Waals surface area contributed by atoms with Gasteiger partial charge in [-0.05, 0) is 154 Å². The molecule has 0 N–H and O–H groups in total. The summed E-state index contributed by atoms with van der Waals surface area (Å²) < 4.78 is 0. The van der Waals surface area contributed by atoms with Crippen molar-refractivity contribution < 1.29 is 0 Å². The second kappa shape index (κ2) is 18.4. The standard InChI is InChI=1S/C80H69N/c1-76(2,3)55-27-21-29-57(50-55)80(58-30-22-28-56(51-58)77(4,5)6)69-39-19-15-34-66(69)74-70(80)40-24-42-73(74)81(72-41-20-16-33-63(72)65-36-23-35-64-61-32-13-17-37-67(61)78(7,8)75(64)65)59-46-43-52(44-47-59)53-45-48-62-60-31-14-18-38-68(60)79(9,71(62)49-53)54-25-11-10-12-26-54/h10-51H,1-9H3. The van der Waals surface area contributed by atoms with Crippen LogP contribution in [-0.4, -0.2) is 0 Å². The van der Waals surface area contributed by atoms with E-state index in [1.807, 2.05) is 0 Å². The van der Waals surface area contributed by atoms with E-state index < -0.39 is 5.41 Å². The summed E-state index contributed by atoms with van der Waals surface area (Å²) in [5.41, 5.74) is 29.3. The molecule has 3 aliphatic carbocycles. The van der Waals surface area contributed by atoms with Crippen molar-refractivity contribution in [3.05, 3.63) is 316 Å². The minimum atomic E-state index is -0.628. The van der Waals surface area contributed by atoms with Crippen molar-refractivity contribution in [2.75, 3.05) is 4.90 Å². The minimum absolute atomic E-state index is 0.0557. The molecule has 81 heavy (non-hydrogen) atoms. The quantitative estimate of drug-likeness (QED) is 0.147. The molecule has 0 saturated carbocycles. The van der Waals surface area contributed by atoms with Gasteiger partial charge in [-0.1, -0.05) is 280 Å². The lowest BCUT2D eigenvalue weighted by atomic mass is 9.66. The van der Waals surface area contributed by atoms with E-state index in [2.05, 4.69) is 322 Å². The Hall–Kier alpha value is -8.78. The van der Waals surface area contributed by atoms with E-state index in [4.69, 9.17) is 0 Å². The van der Waals surface area contributed by atoms with E-state index in [-0.39, 0.29) is 21.7 Å². The van der Waals surface area contributed by atoms with E-state index >= 15 is 0 Å². The number of benzene rings is 11. The third kappa shape index (κ3) is 7.58. The van der Waals surface area contributed by atoms with Crippen LogP contribution in [0, 0.1) is 0 Å². The molecule has 394 valence electrons. The fraction of sp³-hybridized carbons (Fsp3) is 0.175. The summed E-state index contributed by atoms with van der Waals surface area (Å²) in [6, 6.07) is 97.2. The smallest absolute Gasteiger partial charge is 0.0714 e. The van der Waals surface area contributed by atoms with E-state index in [9.17, 15) is 0 Å². The Morgan fingerprint density at radius 2 is 0.765 bits per heavy atom. The number of anilines is 3. The molecule has 0 aliphatic heterocycles. The van der Waals surface area contributed by atoms with Crippen LogP contribution in [0.5, 0.6) is 0 Å². The molecule has 0 amide bonds. The summed E-state index contributed by atoms with van der Waals surface area (Å²) in [6.45, 7) is 21.2. The van der Waals surface area contributed by atoms with Crippen LogP contribution in [0.4, 0.5) is 17.1 Å². The summed E-state index contributed by atoms with van der Waals surface area (Å²) in [5, 5.41) is 0. The summed E-state index contributed by atoms with van der Waals surface area (Å²) in [5.74, 6) is 0. The van der Waals surface area contributed by atoms with Gasteiger partial charge in [-0.25, -0.2) is 0 Å². The van der Waals surface area contributed by atoms with Crippen molar-refractivity contribution >= 4 is 17.1 Å². The van der Waals surface area contributed by atoms with Crippen molar-refractivity contribution in [3.8, 4) is 55.6 Å². The molecule has 1 heteroatoms. The van der Waals surface area contributed by atoms with Crippen molar-refractivity contribution in [1.82, 2.24) is 0 Å². The van der Waals surface area contributed by atoms with E-state index in [0.29, 0.717) is 0 Å². The Balaban J connectivity index is 1.01. The average Bonchev–Trinajstić information content (AvgIpc) is 2.95. The first-order chi connectivity index (χ1) is 39.1. The number of hydrogen-bond acceptors (Lipinski definition) is 1. The van der Waals surface area contributed by atoms with E-state index in [0.717, 1.165) is 17.1 Å². The lowest BCUT2D eigenvalue weighted by Crippen LogP contribution is -2.30. The van der Waals surface area contributed by atoms with Gasteiger partial charge in [-0.3, -0.25) is 0 Å². The first-order valence-electron chi connectivity index (χ1n) is 29.1. The molecule has 1 unspecified atom stereocenters. The Labute approximate surface area is 480 Å². The van der Waals surface area contributed by atoms with Gasteiger partial charge in [0.05, 0.1) is 16.8 Å². The van der Waals surface area contributed by atoms with Crippen LogP contribution in [0.3, 0.4) is 0 Å². The first kappa shape index (κ1) is 50.4. The second-order valence-corrected chi connectivity index (χ2v) is 25.8. The highest BCUT2D eigenvalue weighted by Gasteiger charge is 2.49. The first-order valence-corrected chi connectivity index (χ1v) is 29.1. The molecule has 0 bridgehead atoms. The molecule has 0 radical (unpaired) electrons. The van der Waals surface area contributed by atoms with Crippen LogP contribution in [0.15, 0.2) is 255 Å². The summed E-state index contributed by atoms with van der Waals surface area (Å²) in [6.07, 6.45) is 0. The SMILES string of the molecule is CC(C)(C)c1cccc(C2(c3cccc(C(C)(C)C)c3)c3ccccc3-c3c(N(c4ccc(-c5ccc6c(c5)C(C)(c5ccccc5)c5ccccc5-6)cc4)c4ccccc4-c4cccc5c4C(C)(C)c4ccccc4-5)cccc32)c1. The number of fused-ring (bicyclic) bond motifs is 9. The Bertz CT molecular complexity index is 4230. The predicted octanol–water partition coefficient (Wildman–Crippen LogP) is 21.1. The molecule has 14 rings (SSSR count). The van der Waals surface area contributed by atoms with Crippen molar-refractivity contribution in [1.29, 1.82) is 0 Å². The fourth-order valence-electron chi connectivity index (χ4n) is 14.7. The van der Waals surface area contributed by atoms with Crippen LogP contribution >= 0.6 is 0 Å². The molecule has 1 atom stereocenters. The van der Waals surface area contributed by atoms with Crippen molar-refractivity contribution in [2.45, 2.75) is 89.4 Å². The minimum Gasteiger partial charge on any atom is -0.309 e. The van der Waals surface area contributed by atoms with Crippen LogP contribution < -0.4 is 4.90 Å². The Morgan fingerprint density at radius 1 is 0.309 bits per heavy atom. The lowest BCUT2D eigenvalue weighted by molar-refractivity contribution is 0.585. The zero-order valence-corrected chi connectivity index (χ0v) is 48.2. The van der Waals surface area contributed by atoms with Gasteiger partial charge < -0.3 is 4.90 Å². The third-order valence-corrected chi connectivity index (χ3v) is 18.8. The van der Waals surface area contributed by atoms with Crippen molar-refractivity contribution in [2.24, 2.45) is 0 Å². The van der Waals surface area contributed by atoms with Gasteiger partial charge in [0.25, 0.3) is 0 Å². The van der Waals surface area contributed by atoms with Gasteiger partial charge in [0.1, 0.15) is 0 Å². The highest BCUT2D eigenvalue weighted by molar-refractivity contribution is 6.01. The van der Waals surface area contributed by atoms with Gasteiger partial charge in [0.15, 0.2) is 0 Å². The zero-order valence-electron chi connectivity index (χ0n) is 48.2. The molecule has 0 fully saturated rings. The topological polar surface area (TPSA) is 3.24 Å². The Kier molecular flexibility index (Phi) is 11.4. The number of rotatable bonds is 8. The second-order valence-electron chi connectivity index (χ2n) is 25.8. The molecule has 0 aromatic heterocycles. The summed E-state index contributed by atoms with van der Waals surface area (Å²) in [7, 11) is 0. The molecule has 1 nitrogen and oxygen atoms in total. The molecule has 0 spiro atoms. The van der Waals surface area contributed by atoms with Crippen LogP contribution in [0.1, 0.15) is 124 Å². The predicted molar refractivity (Wildman–Crippen MR) is 342 cm³/mol.